The number of aryl methyl sites for hydroxylation is 2. The molecular formula is C13H12N2O. The molecular weight excluding hydrogens is 200 g/mol. The maximum Gasteiger partial charge on any atom is 0.212 e. The molecule has 0 spiro atoms. The number of aromatic nitrogens is 2. The molecule has 0 saturated carbocycles. The third-order valence-electron chi connectivity index (χ3n) is 2.46. The first-order valence-electron chi connectivity index (χ1n) is 5.08. The topological polar surface area (TPSA) is 42.9 Å². The number of hydrogen-bond donors (Lipinski definition) is 0. The maximum atomic E-state index is 12.0. The fourth-order valence-corrected chi connectivity index (χ4v) is 1.39. The Morgan fingerprint density at radius 2 is 1.75 bits per heavy atom. The quantitative estimate of drug-likeness (QED) is 0.717. The summed E-state index contributed by atoms with van der Waals surface area (Å²) in [4.78, 5) is 20.4. The van der Waals surface area contributed by atoms with E-state index in [1.807, 2.05) is 32.0 Å². The van der Waals surface area contributed by atoms with Gasteiger partial charge in [0.05, 0.1) is 17.6 Å². The van der Waals surface area contributed by atoms with E-state index in [4.69, 9.17) is 0 Å². The maximum absolute atomic E-state index is 12.0. The van der Waals surface area contributed by atoms with Gasteiger partial charge < -0.3 is 0 Å². The highest BCUT2D eigenvalue weighted by molar-refractivity contribution is 6.07. The molecule has 0 aliphatic rings. The molecule has 1 aromatic carbocycles. The van der Waals surface area contributed by atoms with Crippen LogP contribution in [0.5, 0.6) is 0 Å². The van der Waals surface area contributed by atoms with Gasteiger partial charge >= 0.3 is 0 Å². The molecule has 0 atom stereocenters. The predicted molar refractivity (Wildman–Crippen MR) is 61.4 cm³/mol. The van der Waals surface area contributed by atoms with Crippen molar-refractivity contribution in [2.45, 2.75) is 13.8 Å². The third kappa shape index (κ3) is 1.98. The van der Waals surface area contributed by atoms with Crippen LogP contribution in [0.4, 0.5) is 0 Å². The van der Waals surface area contributed by atoms with Crippen LogP contribution in [0.1, 0.15) is 27.4 Å². The summed E-state index contributed by atoms with van der Waals surface area (Å²) in [5.74, 6) is -0.0869. The molecule has 2 rings (SSSR count). The third-order valence-corrected chi connectivity index (χ3v) is 2.46. The fourth-order valence-electron chi connectivity index (χ4n) is 1.39. The highest BCUT2D eigenvalue weighted by atomic mass is 16.1. The summed E-state index contributed by atoms with van der Waals surface area (Å²) in [6, 6.07) is 9.10. The number of benzene rings is 1. The number of nitrogens with zero attached hydrogens (tertiary/aromatic N) is 2. The molecule has 0 saturated heterocycles. The van der Waals surface area contributed by atoms with Crippen molar-refractivity contribution in [3.63, 3.8) is 0 Å². The molecule has 1 heterocycles. The van der Waals surface area contributed by atoms with Gasteiger partial charge in [-0.1, -0.05) is 30.3 Å². The van der Waals surface area contributed by atoms with E-state index in [9.17, 15) is 4.79 Å². The van der Waals surface area contributed by atoms with E-state index < -0.39 is 0 Å². The summed E-state index contributed by atoms with van der Waals surface area (Å²) >= 11 is 0. The normalized spacial score (nSPS) is 10.1. The lowest BCUT2D eigenvalue weighted by molar-refractivity contribution is 0.103. The van der Waals surface area contributed by atoms with Gasteiger partial charge in [0, 0.05) is 5.56 Å². The van der Waals surface area contributed by atoms with Crippen LogP contribution in [0.15, 0.2) is 36.5 Å². The Morgan fingerprint density at radius 3 is 2.38 bits per heavy atom. The summed E-state index contributed by atoms with van der Waals surface area (Å²) < 4.78 is 0. The largest absolute Gasteiger partial charge is 0.287 e. The van der Waals surface area contributed by atoms with E-state index in [1.54, 1.807) is 12.1 Å². The number of ketones is 1. The molecule has 3 heteroatoms. The van der Waals surface area contributed by atoms with Crippen molar-refractivity contribution in [1.82, 2.24) is 9.97 Å². The summed E-state index contributed by atoms with van der Waals surface area (Å²) in [6.07, 6.45) is 1.53. The summed E-state index contributed by atoms with van der Waals surface area (Å²) in [5, 5.41) is 0. The molecule has 0 aliphatic heterocycles. The first-order chi connectivity index (χ1) is 7.68. The number of rotatable bonds is 2. The van der Waals surface area contributed by atoms with Gasteiger partial charge in [0.1, 0.15) is 5.69 Å². The summed E-state index contributed by atoms with van der Waals surface area (Å²) in [7, 11) is 0. The highest BCUT2D eigenvalue weighted by Crippen LogP contribution is 2.08. The molecule has 2 aromatic rings. The fraction of sp³-hybridized carbons (Fsp3) is 0.154. The monoisotopic (exact) mass is 212 g/mol. The van der Waals surface area contributed by atoms with Crippen molar-refractivity contribution < 1.29 is 4.79 Å². The van der Waals surface area contributed by atoms with Crippen LogP contribution in [0.25, 0.3) is 0 Å². The van der Waals surface area contributed by atoms with Crippen molar-refractivity contribution in [3.05, 3.63) is 59.2 Å². The van der Waals surface area contributed by atoms with Gasteiger partial charge in [-0.25, -0.2) is 4.98 Å². The first-order valence-corrected chi connectivity index (χ1v) is 5.08. The smallest absolute Gasteiger partial charge is 0.212 e. The second-order valence-electron chi connectivity index (χ2n) is 3.62. The molecule has 80 valence electrons. The Bertz CT molecular complexity index is 521. The van der Waals surface area contributed by atoms with Crippen LogP contribution < -0.4 is 0 Å². The standard InChI is InChI=1S/C13H12N2O/c1-9-10(2)15-12(8-14-9)13(16)11-6-4-3-5-7-11/h3-8H,1-2H3. The summed E-state index contributed by atoms with van der Waals surface area (Å²) in [5.41, 5.74) is 2.68. The average Bonchev–Trinajstić information content (AvgIpc) is 2.33. The molecule has 0 unspecified atom stereocenters. The van der Waals surface area contributed by atoms with E-state index in [0.29, 0.717) is 11.3 Å². The first kappa shape index (κ1) is 10.5. The lowest BCUT2D eigenvalue weighted by atomic mass is 10.1. The van der Waals surface area contributed by atoms with Crippen molar-refractivity contribution in [3.8, 4) is 0 Å². The highest BCUT2D eigenvalue weighted by Gasteiger charge is 2.11. The van der Waals surface area contributed by atoms with E-state index >= 15 is 0 Å². The minimum Gasteiger partial charge on any atom is -0.287 e. The zero-order chi connectivity index (χ0) is 11.5. The van der Waals surface area contributed by atoms with E-state index in [-0.39, 0.29) is 5.78 Å². The molecule has 0 fully saturated rings. The zero-order valence-corrected chi connectivity index (χ0v) is 9.27. The van der Waals surface area contributed by atoms with E-state index in [1.165, 1.54) is 6.20 Å². The van der Waals surface area contributed by atoms with Gasteiger partial charge in [0.25, 0.3) is 0 Å². The molecule has 1 aromatic heterocycles. The van der Waals surface area contributed by atoms with Gasteiger partial charge in [0.2, 0.25) is 5.78 Å². The minimum absolute atomic E-state index is 0.0869. The van der Waals surface area contributed by atoms with E-state index in [2.05, 4.69) is 9.97 Å². The van der Waals surface area contributed by atoms with Crippen LogP contribution >= 0.6 is 0 Å². The summed E-state index contributed by atoms with van der Waals surface area (Å²) in [6.45, 7) is 3.73. The van der Waals surface area contributed by atoms with E-state index in [0.717, 1.165) is 11.4 Å². The Hall–Kier alpha value is -2.03. The van der Waals surface area contributed by atoms with Crippen LogP contribution in [-0.2, 0) is 0 Å². The van der Waals surface area contributed by atoms with Crippen LogP contribution in [0.3, 0.4) is 0 Å². The SMILES string of the molecule is Cc1ncc(C(=O)c2ccccc2)nc1C. The average molecular weight is 212 g/mol. The second-order valence-corrected chi connectivity index (χ2v) is 3.62. The zero-order valence-electron chi connectivity index (χ0n) is 9.27. The van der Waals surface area contributed by atoms with Crippen LogP contribution in [0.2, 0.25) is 0 Å². The lowest BCUT2D eigenvalue weighted by Gasteiger charge is -2.02. The molecule has 3 nitrogen and oxygen atoms in total. The molecule has 16 heavy (non-hydrogen) atoms. The molecule has 0 N–H and O–H groups in total. The van der Waals surface area contributed by atoms with Gasteiger partial charge in [-0.15, -0.1) is 0 Å². The van der Waals surface area contributed by atoms with Crippen LogP contribution in [-0.4, -0.2) is 15.8 Å². The Balaban J connectivity index is 2.39. The van der Waals surface area contributed by atoms with Crippen molar-refractivity contribution in [2.75, 3.05) is 0 Å². The van der Waals surface area contributed by atoms with Gasteiger partial charge in [-0.3, -0.25) is 9.78 Å². The molecule has 0 aliphatic carbocycles. The minimum atomic E-state index is -0.0869. The number of hydrogen-bond acceptors (Lipinski definition) is 3. The molecule has 0 amide bonds. The van der Waals surface area contributed by atoms with Gasteiger partial charge in [0.15, 0.2) is 0 Å². The van der Waals surface area contributed by atoms with Crippen LogP contribution in [0, 0.1) is 13.8 Å². The number of carbonyl (C=O) groups is 1. The van der Waals surface area contributed by atoms with Crippen molar-refractivity contribution in [1.29, 1.82) is 0 Å². The molecule has 0 radical (unpaired) electrons. The Labute approximate surface area is 94.2 Å². The lowest BCUT2D eigenvalue weighted by Crippen LogP contribution is -2.06. The predicted octanol–water partition coefficient (Wildman–Crippen LogP) is 2.32. The Morgan fingerprint density at radius 1 is 1.06 bits per heavy atom. The van der Waals surface area contributed by atoms with Gasteiger partial charge in [-0.05, 0) is 13.8 Å². The van der Waals surface area contributed by atoms with Crippen molar-refractivity contribution in [2.24, 2.45) is 0 Å². The number of carbonyl (C=O) groups excluding carboxylic acids is 1. The Kier molecular flexibility index (Phi) is 2.77. The second kappa shape index (κ2) is 4.23. The van der Waals surface area contributed by atoms with Gasteiger partial charge in [-0.2, -0.15) is 0 Å². The molecule has 0 bridgehead atoms. The van der Waals surface area contributed by atoms with Crippen molar-refractivity contribution >= 4 is 5.78 Å².